The van der Waals surface area contributed by atoms with E-state index in [1.54, 1.807) is 0 Å². The second-order valence-corrected chi connectivity index (χ2v) is 7.26. The van der Waals surface area contributed by atoms with E-state index < -0.39 is 5.54 Å². The van der Waals surface area contributed by atoms with Gasteiger partial charge in [-0.05, 0) is 56.4 Å². The van der Waals surface area contributed by atoms with Gasteiger partial charge in [0.05, 0.1) is 13.5 Å². The molecule has 4 heteroatoms. The first-order valence-electron chi connectivity index (χ1n) is 6.90. The minimum atomic E-state index is -0.425. The highest BCUT2D eigenvalue weighted by Crippen LogP contribution is 2.45. The molecule has 0 saturated heterocycles. The average molecular weight is 340 g/mol. The van der Waals surface area contributed by atoms with E-state index in [4.69, 9.17) is 10.5 Å². The Labute approximate surface area is 129 Å². The third kappa shape index (κ3) is 2.91. The van der Waals surface area contributed by atoms with Crippen LogP contribution in [-0.4, -0.2) is 18.6 Å². The van der Waals surface area contributed by atoms with Crippen LogP contribution in [0, 0.1) is 5.41 Å². The predicted molar refractivity (Wildman–Crippen MR) is 83.5 cm³/mol. The zero-order chi connectivity index (χ0) is 15.0. The van der Waals surface area contributed by atoms with Crippen molar-refractivity contribution in [3.8, 4) is 0 Å². The monoisotopic (exact) mass is 339 g/mol. The number of halogens is 1. The second-order valence-electron chi connectivity index (χ2n) is 6.34. The van der Waals surface area contributed by atoms with E-state index in [1.165, 1.54) is 18.2 Å². The van der Waals surface area contributed by atoms with Gasteiger partial charge < -0.3 is 10.5 Å². The first kappa shape index (κ1) is 15.5. The van der Waals surface area contributed by atoms with Crippen LogP contribution in [0.3, 0.4) is 0 Å². The normalized spacial score (nSPS) is 22.2. The van der Waals surface area contributed by atoms with E-state index >= 15 is 0 Å². The van der Waals surface area contributed by atoms with Crippen molar-refractivity contribution in [2.45, 2.75) is 45.1 Å². The Morgan fingerprint density at radius 2 is 2.15 bits per heavy atom. The number of nitrogens with two attached hydrogens (primary N) is 1. The van der Waals surface area contributed by atoms with E-state index in [0.29, 0.717) is 6.42 Å². The first-order valence-corrected chi connectivity index (χ1v) is 7.70. The van der Waals surface area contributed by atoms with Gasteiger partial charge in [0.25, 0.3) is 0 Å². The molecule has 0 spiro atoms. The summed E-state index contributed by atoms with van der Waals surface area (Å²) in [5, 5.41) is 0. The lowest BCUT2D eigenvalue weighted by molar-refractivity contribution is -0.145. The Bertz CT molecular complexity index is 522. The van der Waals surface area contributed by atoms with Crippen LogP contribution in [0.2, 0.25) is 0 Å². The molecule has 0 radical (unpaired) electrons. The molecule has 0 saturated carbocycles. The average Bonchev–Trinajstić information content (AvgIpc) is 2.37. The van der Waals surface area contributed by atoms with E-state index in [2.05, 4.69) is 34.1 Å². The Morgan fingerprint density at radius 3 is 2.75 bits per heavy atom. The number of fused-ring (bicyclic) bond motifs is 1. The predicted octanol–water partition coefficient (Wildman–Crippen LogP) is 3.22. The van der Waals surface area contributed by atoms with Gasteiger partial charge in [0.1, 0.15) is 0 Å². The van der Waals surface area contributed by atoms with Crippen molar-refractivity contribution in [1.82, 2.24) is 0 Å². The van der Waals surface area contributed by atoms with Crippen LogP contribution >= 0.6 is 15.9 Å². The van der Waals surface area contributed by atoms with Crippen LogP contribution in [0.25, 0.3) is 0 Å². The summed E-state index contributed by atoms with van der Waals surface area (Å²) in [7, 11) is 1.44. The summed E-state index contributed by atoms with van der Waals surface area (Å²) in [4.78, 5) is 11.8. The van der Waals surface area contributed by atoms with E-state index in [0.717, 1.165) is 23.7 Å². The number of ether oxygens (including phenoxy) is 1. The highest BCUT2D eigenvalue weighted by molar-refractivity contribution is 9.10. The molecule has 2 rings (SSSR count). The summed E-state index contributed by atoms with van der Waals surface area (Å²) in [5.41, 5.74) is 8.40. The van der Waals surface area contributed by atoms with Crippen molar-refractivity contribution in [1.29, 1.82) is 0 Å². The molecule has 0 aliphatic heterocycles. The van der Waals surface area contributed by atoms with Gasteiger partial charge in [-0.25, -0.2) is 0 Å². The van der Waals surface area contributed by atoms with Gasteiger partial charge in [-0.1, -0.05) is 22.0 Å². The van der Waals surface area contributed by atoms with Crippen LogP contribution in [0.1, 0.15) is 37.8 Å². The van der Waals surface area contributed by atoms with Gasteiger partial charge in [0.15, 0.2) is 0 Å². The van der Waals surface area contributed by atoms with Gasteiger partial charge in [0, 0.05) is 15.4 Å². The molecule has 0 heterocycles. The minimum absolute atomic E-state index is 0.177. The Kier molecular flexibility index (Phi) is 4.26. The van der Waals surface area contributed by atoms with Gasteiger partial charge in [0.2, 0.25) is 0 Å². The fourth-order valence-corrected chi connectivity index (χ4v) is 3.51. The number of rotatable bonds is 3. The summed E-state index contributed by atoms with van der Waals surface area (Å²) >= 11 is 3.51. The molecule has 0 fully saturated rings. The topological polar surface area (TPSA) is 52.3 Å². The molecule has 0 bridgehead atoms. The van der Waals surface area contributed by atoms with Gasteiger partial charge in [-0.2, -0.15) is 0 Å². The molecule has 110 valence electrons. The minimum Gasteiger partial charge on any atom is -0.469 e. The van der Waals surface area contributed by atoms with Gasteiger partial charge in [-0.15, -0.1) is 0 Å². The van der Waals surface area contributed by atoms with Crippen LogP contribution in [0.15, 0.2) is 22.7 Å². The maximum absolute atomic E-state index is 11.8. The van der Waals surface area contributed by atoms with Crippen LogP contribution < -0.4 is 5.73 Å². The number of hydrogen-bond acceptors (Lipinski definition) is 3. The number of methoxy groups -OCH3 is 1. The number of aryl methyl sites for hydroxylation is 1. The zero-order valence-corrected chi connectivity index (χ0v) is 13.9. The number of carbonyl (C=O) groups is 1. The number of hydrogen-bond donors (Lipinski definition) is 1. The van der Waals surface area contributed by atoms with Crippen molar-refractivity contribution in [3.05, 3.63) is 33.8 Å². The molecule has 1 aromatic carbocycles. The molecular weight excluding hydrogens is 318 g/mol. The zero-order valence-electron chi connectivity index (χ0n) is 12.3. The van der Waals surface area contributed by atoms with Crippen molar-refractivity contribution in [3.63, 3.8) is 0 Å². The summed E-state index contributed by atoms with van der Waals surface area (Å²) in [6.07, 6.45) is 3.07. The van der Waals surface area contributed by atoms with Crippen LogP contribution in [0.5, 0.6) is 0 Å². The molecule has 3 nitrogen and oxygen atoms in total. The highest BCUT2D eigenvalue weighted by Gasteiger charge is 2.46. The number of benzene rings is 1. The second kappa shape index (κ2) is 5.49. The third-order valence-electron chi connectivity index (χ3n) is 4.65. The molecular formula is C16H22BrNO2. The summed E-state index contributed by atoms with van der Waals surface area (Å²) in [6.45, 7) is 4.03. The summed E-state index contributed by atoms with van der Waals surface area (Å²) in [6, 6.07) is 6.35. The van der Waals surface area contributed by atoms with E-state index in [9.17, 15) is 4.79 Å². The standard InChI is InChI=1S/C16H22BrNO2/c1-15(2,18)16(10-14(19)20-3)7-6-11-8-13(17)5-4-12(11)9-16/h4-5,8H,6-7,9-10,18H2,1-3H3. The van der Waals surface area contributed by atoms with Crippen molar-refractivity contribution in [2.24, 2.45) is 11.1 Å². The van der Waals surface area contributed by atoms with Crippen molar-refractivity contribution >= 4 is 21.9 Å². The van der Waals surface area contributed by atoms with Crippen molar-refractivity contribution < 1.29 is 9.53 Å². The van der Waals surface area contributed by atoms with E-state index in [1.807, 2.05) is 13.8 Å². The Hall–Kier alpha value is -0.870. The SMILES string of the molecule is COC(=O)CC1(C(C)(C)N)CCc2cc(Br)ccc2C1. The lowest BCUT2D eigenvalue weighted by atomic mass is 9.60. The molecule has 1 aromatic rings. The quantitative estimate of drug-likeness (QED) is 0.860. The lowest BCUT2D eigenvalue weighted by Crippen LogP contribution is -2.54. The smallest absolute Gasteiger partial charge is 0.306 e. The largest absolute Gasteiger partial charge is 0.469 e. The summed E-state index contributed by atoms with van der Waals surface area (Å²) < 4.78 is 5.98. The van der Waals surface area contributed by atoms with Gasteiger partial charge in [-0.3, -0.25) is 4.79 Å². The molecule has 1 atom stereocenters. The Morgan fingerprint density at radius 1 is 1.45 bits per heavy atom. The highest BCUT2D eigenvalue weighted by atomic mass is 79.9. The number of esters is 1. The number of carbonyl (C=O) groups excluding carboxylic acids is 1. The van der Waals surface area contributed by atoms with Crippen molar-refractivity contribution in [2.75, 3.05) is 7.11 Å². The first-order chi connectivity index (χ1) is 9.27. The molecule has 0 amide bonds. The van der Waals surface area contributed by atoms with E-state index in [-0.39, 0.29) is 11.4 Å². The molecule has 1 unspecified atom stereocenters. The molecule has 1 aliphatic carbocycles. The van der Waals surface area contributed by atoms with Gasteiger partial charge >= 0.3 is 5.97 Å². The fourth-order valence-electron chi connectivity index (χ4n) is 3.10. The van der Waals surface area contributed by atoms with Crippen LogP contribution in [-0.2, 0) is 22.4 Å². The summed E-state index contributed by atoms with van der Waals surface area (Å²) in [5.74, 6) is -0.177. The molecule has 2 N–H and O–H groups in total. The lowest BCUT2D eigenvalue weighted by Gasteiger charge is -2.47. The maximum Gasteiger partial charge on any atom is 0.306 e. The van der Waals surface area contributed by atoms with Crippen LogP contribution in [0.4, 0.5) is 0 Å². The molecule has 1 aliphatic rings. The Balaban J connectivity index is 2.36. The molecule has 0 aromatic heterocycles. The molecule has 20 heavy (non-hydrogen) atoms. The maximum atomic E-state index is 11.8. The fraction of sp³-hybridized carbons (Fsp3) is 0.562. The third-order valence-corrected chi connectivity index (χ3v) is 5.14.